The molecular formula is C18H29N3O2. The van der Waals surface area contributed by atoms with Crippen molar-refractivity contribution in [3.63, 3.8) is 0 Å². The van der Waals surface area contributed by atoms with Crippen LogP contribution in [0.2, 0.25) is 0 Å². The SMILES string of the molecule is CCN1CCC(Nc2ccccc2NC(=O)OC(C)(C)C)CC1. The highest BCUT2D eigenvalue weighted by atomic mass is 16.6. The summed E-state index contributed by atoms with van der Waals surface area (Å²) in [4.78, 5) is 14.4. The first kappa shape index (κ1) is 17.6. The number of carbonyl (C=O) groups is 1. The van der Waals surface area contributed by atoms with E-state index in [9.17, 15) is 4.79 Å². The third kappa shape index (κ3) is 5.75. The number of nitrogens with zero attached hydrogens (tertiary/aromatic N) is 1. The molecule has 1 aliphatic rings. The molecule has 0 saturated carbocycles. The zero-order valence-electron chi connectivity index (χ0n) is 14.7. The number of hydrogen-bond donors (Lipinski definition) is 2. The predicted molar refractivity (Wildman–Crippen MR) is 95.1 cm³/mol. The van der Waals surface area contributed by atoms with E-state index in [0.717, 1.165) is 43.9 Å². The van der Waals surface area contributed by atoms with Crippen molar-refractivity contribution in [3.8, 4) is 0 Å². The van der Waals surface area contributed by atoms with Crippen molar-refractivity contribution in [1.29, 1.82) is 0 Å². The molecule has 0 radical (unpaired) electrons. The van der Waals surface area contributed by atoms with Gasteiger partial charge in [0.05, 0.1) is 11.4 Å². The standard InChI is InChI=1S/C18H29N3O2/c1-5-21-12-10-14(11-13-21)19-15-8-6-7-9-16(15)20-17(22)23-18(2,3)4/h6-9,14,19H,5,10-13H2,1-4H3,(H,20,22). The summed E-state index contributed by atoms with van der Waals surface area (Å²) in [6, 6.07) is 8.23. The van der Waals surface area contributed by atoms with Crippen molar-refractivity contribution in [2.75, 3.05) is 30.3 Å². The molecule has 1 aliphatic heterocycles. The summed E-state index contributed by atoms with van der Waals surface area (Å²) in [6.07, 6.45) is 1.82. The number of anilines is 2. The smallest absolute Gasteiger partial charge is 0.412 e. The van der Waals surface area contributed by atoms with Crippen LogP contribution in [-0.4, -0.2) is 42.3 Å². The van der Waals surface area contributed by atoms with Crippen LogP contribution in [0.25, 0.3) is 0 Å². The highest BCUT2D eigenvalue weighted by Crippen LogP contribution is 2.25. The molecule has 128 valence electrons. The fourth-order valence-corrected chi connectivity index (χ4v) is 2.74. The van der Waals surface area contributed by atoms with Gasteiger partial charge in [0.15, 0.2) is 0 Å². The van der Waals surface area contributed by atoms with Crippen LogP contribution < -0.4 is 10.6 Å². The van der Waals surface area contributed by atoms with Crippen LogP contribution >= 0.6 is 0 Å². The molecule has 0 bridgehead atoms. The first-order valence-corrected chi connectivity index (χ1v) is 8.45. The van der Waals surface area contributed by atoms with Crippen LogP contribution in [0.4, 0.5) is 16.2 Å². The van der Waals surface area contributed by atoms with E-state index < -0.39 is 11.7 Å². The molecule has 1 aromatic carbocycles. The van der Waals surface area contributed by atoms with Crippen LogP contribution in [-0.2, 0) is 4.74 Å². The van der Waals surface area contributed by atoms with E-state index in [4.69, 9.17) is 4.74 Å². The number of carbonyl (C=O) groups excluding carboxylic acids is 1. The summed E-state index contributed by atoms with van der Waals surface area (Å²) in [6.45, 7) is 11.1. The monoisotopic (exact) mass is 319 g/mol. The van der Waals surface area contributed by atoms with Crippen molar-refractivity contribution in [2.24, 2.45) is 0 Å². The van der Waals surface area contributed by atoms with Gasteiger partial charge in [0.2, 0.25) is 0 Å². The molecule has 2 N–H and O–H groups in total. The van der Waals surface area contributed by atoms with Crippen molar-refractivity contribution >= 4 is 17.5 Å². The number of nitrogens with one attached hydrogen (secondary N) is 2. The molecule has 1 aromatic rings. The third-order valence-electron chi connectivity index (χ3n) is 3.96. The maximum atomic E-state index is 12.0. The van der Waals surface area contributed by atoms with Crippen molar-refractivity contribution in [2.45, 2.75) is 52.2 Å². The van der Waals surface area contributed by atoms with Gasteiger partial charge in [-0.1, -0.05) is 19.1 Å². The van der Waals surface area contributed by atoms with E-state index in [1.807, 2.05) is 45.0 Å². The summed E-state index contributed by atoms with van der Waals surface area (Å²) in [5.74, 6) is 0. The molecule has 1 amide bonds. The lowest BCUT2D eigenvalue weighted by atomic mass is 10.0. The lowest BCUT2D eigenvalue weighted by Gasteiger charge is -2.32. The summed E-state index contributed by atoms with van der Waals surface area (Å²) in [5, 5.41) is 6.41. The molecule has 0 aromatic heterocycles. The van der Waals surface area contributed by atoms with E-state index in [1.54, 1.807) is 0 Å². The zero-order valence-corrected chi connectivity index (χ0v) is 14.7. The molecule has 0 atom stereocenters. The first-order valence-electron chi connectivity index (χ1n) is 8.45. The number of hydrogen-bond acceptors (Lipinski definition) is 4. The minimum atomic E-state index is -0.501. The van der Waals surface area contributed by atoms with E-state index in [2.05, 4.69) is 22.5 Å². The minimum Gasteiger partial charge on any atom is -0.444 e. The lowest BCUT2D eigenvalue weighted by molar-refractivity contribution is 0.0636. The maximum absolute atomic E-state index is 12.0. The molecule has 5 heteroatoms. The quantitative estimate of drug-likeness (QED) is 0.883. The van der Waals surface area contributed by atoms with Gasteiger partial charge in [-0.3, -0.25) is 5.32 Å². The normalized spacial score (nSPS) is 16.9. The molecule has 0 spiro atoms. The molecular weight excluding hydrogens is 290 g/mol. The second kappa shape index (κ2) is 7.68. The van der Waals surface area contributed by atoms with Crippen LogP contribution in [0, 0.1) is 0 Å². The highest BCUT2D eigenvalue weighted by Gasteiger charge is 2.20. The zero-order chi connectivity index (χ0) is 16.9. The molecule has 1 saturated heterocycles. The molecule has 0 unspecified atom stereocenters. The van der Waals surface area contributed by atoms with Gasteiger partial charge in [0, 0.05) is 19.1 Å². The fraction of sp³-hybridized carbons (Fsp3) is 0.611. The van der Waals surface area contributed by atoms with Crippen LogP contribution in [0.15, 0.2) is 24.3 Å². The van der Waals surface area contributed by atoms with Gasteiger partial charge in [0.1, 0.15) is 5.60 Å². The Morgan fingerprint density at radius 2 is 1.83 bits per heavy atom. The Kier molecular flexibility index (Phi) is 5.88. The highest BCUT2D eigenvalue weighted by molar-refractivity contribution is 5.89. The van der Waals surface area contributed by atoms with Crippen molar-refractivity contribution < 1.29 is 9.53 Å². The van der Waals surface area contributed by atoms with Gasteiger partial charge < -0.3 is 15.0 Å². The number of piperidine rings is 1. The van der Waals surface area contributed by atoms with Crippen molar-refractivity contribution in [3.05, 3.63) is 24.3 Å². The molecule has 1 fully saturated rings. The van der Waals surface area contributed by atoms with Gasteiger partial charge in [-0.25, -0.2) is 4.79 Å². The van der Waals surface area contributed by atoms with Crippen molar-refractivity contribution in [1.82, 2.24) is 4.90 Å². The average molecular weight is 319 g/mol. The maximum Gasteiger partial charge on any atom is 0.412 e. The van der Waals surface area contributed by atoms with Gasteiger partial charge in [-0.05, 0) is 52.3 Å². The third-order valence-corrected chi connectivity index (χ3v) is 3.96. The van der Waals surface area contributed by atoms with Gasteiger partial charge >= 0.3 is 6.09 Å². The van der Waals surface area contributed by atoms with E-state index in [0.29, 0.717) is 6.04 Å². The fourth-order valence-electron chi connectivity index (χ4n) is 2.74. The Hall–Kier alpha value is -1.75. The summed E-state index contributed by atoms with van der Waals surface area (Å²) < 4.78 is 5.33. The molecule has 5 nitrogen and oxygen atoms in total. The lowest BCUT2D eigenvalue weighted by Crippen LogP contribution is -2.39. The Morgan fingerprint density at radius 1 is 1.22 bits per heavy atom. The second-order valence-corrected chi connectivity index (χ2v) is 7.03. The largest absolute Gasteiger partial charge is 0.444 e. The van der Waals surface area contributed by atoms with E-state index >= 15 is 0 Å². The number of benzene rings is 1. The number of likely N-dealkylation sites (tertiary alicyclic amines) is 1. The molecule has 23 heavy (non-hydrogen) atoms. The van der Waals surface area contributed by atoms with E-state index in [-0.39, 0.29) is 0 Å². The molecule has 2 rings (SSSR count). The number of para-hydroxylation sites is 2. The Bertz CT molecular complexity index is 517. The number of ether oxygens (including phenoxy) is 1. The van der Waals surface area contributed by atoms with Gasteiger partial charge in [-0.2, -0.15) is 0 Å². The number of amides is 1. The average Bonchev–Trinajstić information content (AvgIpc) is 2.48. The van der Waals surface area contributed by atoms with E-state index in [1.165, 1.54) is 0 Å². The first-order chi connectivity index (χ1) is 10.9. The van der Waals surface area contributed by atoms with Crippen LogP contribution in [0.5, 0.6) is 0 Å². The predicted octanol–water partition coefficient (Wildman–Crippen LogP) is 3.93. The Morgan fingerprint density at radius 3 is 2.39 bits per heavy atom. The Balaban J connectivity index is 1.96. The second-order valence-electron chi connectivity index (χ2n) is 7.03. The molecule has 0 aliphatic carbocycles. The number of rotatable bonds is 4. The summed E-state index contributed by atoms with van der Waals surface area (Å²) >= 11 is 0. The summed E-state index contributed by atoms with van der Waals surface area (Å²) in [7, 11) is 0. The van der Waals surface area contributed by atoms with Gasteiger partial charge in [0.25, 0.3) is 0 Å². The Labute approximate surface area is 139 Å². The van der Waals surface area contributed by atoms with Gasteiger partial charge in [-0.15, -0.1) is 0 Å². The van der Waals surface area contributed by atoms with Crippen LogP contribution in [0.3, 0.4) is 0 Å². The molecule has 1 heterocycles. The minimum absolute atomic E-state index is 0.424. The van der Waals surface area contributed by atoms with Crippen LogP contribution in [0.1, 0.15) is 40.5 Å². The summed E-state index contributed by atoms with van der Waals surface area (Å²) in [5.41, 5.74) is 1.22. The topological polar surface area (TPSA) is 53.6 Å².